The van der Waals surface area contributed by atoms with Gasteiger partial charge < -0.3 is 25.2 Å². The number of carbonyl (C=O) groups is 2. The van der Waals surface area contributed by atoms with Crippen LogP contribution >= 0.6 is 23.4 Å². The molecule has 0 aromatic heterocycles. The minimum Gasteiger partial charge on any atom is -0.495 e. The molecule has 0 aliphatic carbocycles. The molecule has 0 saturated carbocycles. The molecule has 146 valence electrons. The van der Waals surface area contributed by atoms with Crippen LogP contribution in [0.4, 0.5) is 5.69 Å². The number of carboxylic acids is 1. The Labute approximate surface area is 170 Å². The van der Waals surface area contributed by atoms with Crippen LogP contribution in [0.1, 0.15) is 5.56 Å². The maximum atomic E-state index is 12.3. The summed E-state index contributed by atoms with van der Waals surface area (Å²) >= 11 is 7.35. The molecular formula is C19H17ClN2O5S. The molecule has 2 aromatic rings. The van der Waals surface area contributed by atoms with Gasteiger partial charge >= 0.3 is 5.97 Å². The molecule has 1 aliphatic heterocycles. The molecule has 1 saturated heterocycles. The van der Waals surface area contributed by atoms with E-state index < -0.39 is 18.1 Å². The Bertz CT molecular complexity index is 934. The molecule has 1 unspecified atom stereocenters. The summed E-state index contributed by atoms with van der Waals surface area (Å²) in [4.78, 5) is 23.4. The molecule has 1 aliphatic rings. The lowest BCUT2D eigenvalue weighted by Crippen LogP contribution is -2.31. The average Bonchev–Trinajstić information content (AvgIpc) is 2.99. The largest absolute Gasteiger partial charge is 0.495 e. The van der Waals surface area contributed by atoms with Gasteiger partial charge in [0.15, 0.2) is 12.1 Å². The van der Waals surface area contributed by atoms with E-state index in [2.05, 4.69) is 10.6 Å². The van der Waals surface area contributed by atoms with Crippen molar-refractivity contribution in [1.82, 2.24) is 5.32 Å². The summed E-state index contributed by atoms with van der Waals surface area (Å²) in [5, 5.41) is 15.3. The molecule has 0 bridgehead atoms. The van der Waals surface area contributed by atoms with Crippen molar-refractivity contribution in [2.75, 3.05) is 19.0 Å². The minimum absolute atomic E-state index is 0.222. The predicted octanol–water partition coefficient (Wildman–Crippen LogP) is 3.41. The number of rotatable bonds is 7. The van der Waals surface area contributed by atoms with E-state index in [4.69, 9.17) is 26.2 Å². The number of benzene rings is 2. The molecule has 0 spiro atoms. The lowest BCUT2D eigenvalue weighted by molar-refractivity contribution is -0.139. The van der Waals surface area contributed by atoms with Crippen LogP contribution in [0.15, 0.2) is 47.4 Å². The van der Waals surface area contributed by atoms with Crippen molar-refractivity contribution in [3.63, 3.8) is 0 Å². The predicted molar refractivity (Wildman–Crippen MR) is 109 cm³/mol. The van der Waals surface area contributed by atoms with Gasteiger partial charge in [0, 0.05) is 5.02 Å². The number of thioether (sulfide) groups is 1. The number of nitrogens with one attached hydrogen (secondary N) is 2. The highest BCUT2D eigenvalue weighted by atomic mass is 35.5. The van der Waals surface area contributed by atoms with Crippen molar-refractivity contribution in [3.8, 4) is 11.5 Å². The summed E-state index contributed by atoms with van der Waals surface area (Å²) in [5.41, 5.74) is 0.997. The number of ether oxygens (including phenoxy) is 2. The molecule has 9 heteroatoms. The van der Waals surface area contributed by atoms with Gasteiger partial charge in [0.2, 0.25) is 0 Å². The number of carboxylic acid groups (broad SMARTS) is 1. The summed E-state index contributed by atoms with van der Waals surface area (Å²) in [7, 11) is 1.56. The Morgan fingerprint density at radius 3 is 2.93 bits per heavy atom. The highest BCUT2D eigenvalue weighted by Gasteiger charge is 2.27. The fourth-order valence-electron chi connectivity index (χ4n) is 2.49. The molecule has 3 rings (SSSR count). The fourth-order valence-corrected chi connectivity index (χ4v) is 3.64. The Morgan fingerprint density at radius 2 is 2.18 bits per heavy atom. The van der Waals surface area contributed by atoms with E-state index in [-0.39, 0.29) is 5.91 Å². The number of carbonyl (C=O) groups excluding carboxylic acids is 1. The minimum atomic E-state index is -1.06. The van der Waals surface area contributed by atoms with Gasteiger partial charge in [-0.15, -0.1) is 0 Å². The molecule has 0 radical (unpaired) electrons. The molecule has 3 N–H and O–H groups in total. The number of anilines is 1. The van der Waals surface area contributed by atoms with E-state index in [0.29, 0.717) is 27.1 Å². The number of hydrogen-bond donors (Lipinski definition) is 3. The Kier molecular flexibility index (Phi) is 6.33. The van der Waals surface area contributed by atoms with E-state index in [0.717, 1.165) is 5.56 Å². The van der Waals surface area contributed by atoms with Crippen molar-refractivity contribution in [3.05, 3.63) is 58.0 Å². The van der Waals surface area contributed by atoms with Gasteiger partial charge in [-0.3, -0.25) is 4.79 Å². The van der Waals surface area contributed by atoms with Gasteiger partial charge in [-0.2, -0.15) is 0 Å². The zero-order valence-corrected chi connectivity index (χ0v) is 16.3. The normalized spacial score (nSPS) is 17.3. The number of methoxy groups -OCH3 is 1. The van der Waals surface area contributed by atoms with Gasteiger partial charge in [-0.05, 0) is 42.0 Å². The smallest absolute Gasteiger partial charge is 0.341 e. The topological polar surface area (TPSA) is 96.9 Å². The summed E-state index contributed by atoms with van der Waals surface area (Å²) in [6.07, 6.45) is 1.71. The van der Waals surface area contributed by atoms with Crippen LogP contribution < -0.4 is 20.1 Å². The maximum absolute atomic E-state index is 12.3. The monoisotopic (exact) mass is 420 g/mol. The molecule has 1 fully saturated rings. The van der Waals surface area contributed by atoms with Gasteiger partial charge in [0.05, 0.1) is 17.7 Å². The molecule has 7 nitrogen and oxygen atoms in total. The van der Waals surface area contributed by atoms with E-state index in [1.54, 1.807) is 55.7 Å². The molecule has 28 heavy (non-hydrogen) atoms. The van der Waals surface area contributed by atoms with Crippen LogP contribution in [0.3, 0.4) is 0 Å². The average molecular weight is 421 g/mol. The third kappa shape index (κ3) is 5.11. The highest BCUT2D eigenvalue weighted by molar-refractivity contribution is 8.05. The standard InChI is InChI=1S/C19H17ClN2O5S/c1-26-15-6-5-12(20)9-14(15)21-19-22-18(25)16(28-19)8-11-3-2-4-13(7-11)27-10-17(23)24/h2-9,19,21H,10H2,1H3,(H,22,25)(H,23,24)/b16-8-. The van der Waals surface area contributed by atoms with E-state index in [1.807, 2.05) is 0 Å². The number of halogens is 1. The summed E-state index contributed by atoms with van der Waals surface area (Å²) in [6, 6.07) is 12.0. The van der Waals surface area contributed by atoms with Crippen LogP contribution in [-0.4, -0.2) is 36.2 Å². The van der Waals surface area contributed by atoms with Crippen LogP contribution in [0.2, 0.25) is 5.02 Å². The van der Waals surface area contributed by atoms with Crippen molar-refractivity contribution >= 4 is 47.0 Å². The van der Waals surface area contributed by atoms with Crippen molar-refractivity contribution in [1.29, 1.82) is 0 Å². The first-order valence-electron chi connectivity index (χ1n) is 8.18. The van der Waals surface area contributed by atoms with Crippen molar-refractivity contribution in [2.24, 2.45) is 0 Å². The number of aliphatic carboxylic acids is 1. The van der Waals surface area contributed by atoms with Gasteiger partial charge in [0.25, 0.3) is 5.91 Å². The SMILES string of the molecule is COc1ccc(Cl)cc1NC1NC(=O)/C(=C/c2cccc(OCC(=O)O)c2)S1. The van der Waals surface area contributed by atoms with E-state index >= 15 is 0 Å². The number of amides is 1. The molecule has 1 atom stereocenters. The second kappa shape index (κ2) is 8.90. The summed E-state index contributed by atoms with van der Waals surface area (Å²) in [5.74, 6) is -0.251. The first kappa shape index (κ1) is 19.9. The first-order chi connectivity index (χ1) is 13.4. The first-order valence-corrected chi connectivity index (χ1v) is 9.44. The Morgan fingerprint density at radius 1 is 1.36 bits per heavy atom. The van der Waals surface area contributed by atoms with Gasteiger partial charge in [0.1, 0.15) is 11.5 Å². The molecule has 2 aromatic carbocycles. The molecule has 1 heterocycles. The second-order valence-electron chi connectivity index (χ2n) is 5.72. The van der Waals surface area contributed by atoms with E-state index in [1.165, 1.54) is 11.8 Å². The lowest BCUT2D eigenvalue weighted by Gasteiger charge is -2.15. The fraction of sp³-hybridized carbons (Fsp3) is 0.158. The van der Waals surface area contributed by atoms with Crippen molar-refractivity contribution < 1.29 is 24.2 Å². The quantitative estimate of drug-likeness (QED) is 0.590. The summed E-state index contributed by atoms with van der Waals surface area (Å²) in [6.45, 7) is -0.428. The Balaban J connectivity index is 1.72. The second-order valence-corrected chi connectivity index (χ2v) is 7.31. The van der Waals surface area contributed by atoms with Crippen LogP contribution in [-0.2, 0) is 9.59 Å². The zero-order chi connectivity index (χ0) is 20.1. The number of hydrogen-bond acceptors (Lipinski definition) is 6. The zero-order valence-electron chi connectivity index (χ0n) is 14.8. The van der Waals surface area contributed by atoms with Crippen molar-refractivity contribution in [2.45, 2.75) is 5.50 Å². The highest BCUT2D eigenvalue weighted by Crippen LogP contribution is 2.34. The van der Waals surface area contributed by atoms with Crippen LogP contribution in [0.25, 0.3) is 6.08 Å². The molecular weight excluding hydrogens is 404 g/mol. The van der Waals surface area contributed by atoms with Crippen LogP contribution in [0, 0.1) is 0 Å². The summed E-state index contributed by atoms with van der Waals surface area (Å²) < 4.78 is 10.5. The Hall–Kier alpha value is -2.84. The maximum Gasteiger partial charge on any atom is 0.341 e. The van der Waals surface area contributed by atoms with Gasteiger partial charge in [-0.25, -0.2) is 4.79 Å². The molecule has 1 amide bonds. The third-order valence-electron chi connectivity index (χ3n) is 3.70. The van der Waals surface area contributed by atoms with Gasteiger partial charge in [-0.1, -0.05) is 35.5 Å². The third-order valence-corrected chi connectivity index (χ3v) is 4.96. The van der Waals surface area contributed by atoms with E-state index in [9.17, 15) is 9.59 Å². The van der Waals surface area contributed by atoms with Crippen LogP contribution in [0.5, 0.6) is 11.5 Å². The lowest BCUT2D eigenvalue weighted by atomic mass is 10.2.